The smallest absolute Gasteiger partial charge is 0.472 e. The lowest BCUT2D eigenvalue weighted by atomic mass is 9.89. The van der Waals surface area contributed by atoms with Gasteiger partial charge in [0.05, 0.1) is 65.2 Å². The molecule has 6 aromatic rings. The number of rotatable bonds is 25. The number of aromatic nitrogens is 12. The van der Waals surface area contributed by atoms with Crippen LogP contribution in [-0.2, 0) is 78.1 Å². The van der Waals surface area contributed by atoms with Gasteiger partial charge in [0.2, 0.25) is 0 Å². The van der Waals surface area contributed by atoms with Crippen LogP contribution in [0.1, 0.15) is 31.5 Å². The van der Waals surface area contributed by atoms with Crippen LogP contribution in [0.2, 0.25) is 0 Å². The van der Waals surface area contributed by atoms with Crippen LogP contribution >= 0.6 is 31.3 Å². The fraction of sp³-hybridized carbons (Fsp3) is 0.605. The lowest BCUT2D eigenvalue weighted by Gasteiger charge is -2.38. The number of nitrogens with zero attached hydrogens (tertiary/aromatic N) is 12. The quantitative estimate of drug-likeness (QED) is 0.0276. The third-order valence-electron chi connectivity index (χ3n) is 13.1. The van der Waals surface area contributed by atoms with Crippen LogP contribution in [0.3, 0.4) is 0 Å². The van der Waals surface area contributed by atoms with Gasteiger partial charge in [-0.3, -0.25) is 45.4 Å². The Labute approximate surface area is 453 Å². The number of imidazole rings is 3. The maximum atomic E-state index is 14.3. The minimum Gasteiger partial charge on any atom is -0.756 e. The molecule has 4 aliphatic rings. The monoisotopic (exact) mass is 1230 g/mol. The Morgan fingerprint density at radius 3 is 1.68 bits per heavy atom. The molecule has 43 heteroatoms. The number of nitrogen functional groups attached to an aromatic ring is 3. The third-order valence-corrected chi connectivity index (χ3v) is 17.0. The lowest BCUT2D eigenvalue weighted by Crippen LogP contribution is -2.51. The number of phosphoric acid groups is 4. The molecule has 6 aromatic heterocycles. The summed E-state index contributed by atoms with van der Waals surface area (Å²) in [6, 6.07) is 0. The maximum Gasteiger partial charge on any atom is 0.472 e. The largest absolute Gasteiger partial charge is 0.756 e. The second kappa shape index (κ2) is 23.7. The summed E-state index contributed by atoms with van der Waals surface area (Å²) in [5.74, 6) is -0.189. The molecule has 0 saturated carbocycles. The van der Waals surface area contributed by atoms with Crippen molar-refractivity contribution in [2.75, 3.05) is 77.2 Å². The number of phosphoric ester groups is 4. The van der Waals surface area contributed by atoms with Gasteiger partial charge in [-0.15, -0.1) is 0 Å². The molecule has 39 nitrogen and oxygen atoms in total. The first-order valence-corrected chi connectivity index (χ1v) is 29.9. The fourth-order valence-corrected chi connectivity index (χ4v) is 13.1. The maximum absolute atomic E-state index is 14.3. The van der Waals surface area contributed by atoms with Gasteiger partial charge in [0.25, 0.3) is 7.82 Å². The van der Waals surface area contributed by atoms with E-state index >= 15 is 0 Å². The molecule has 81 heavy (non-hydrogen) atoms. The summed E-state index contributed by atoms with van der Waals surface area (Å²) in [4.78, 5) is 83.2. The summed E-state index contributed by atoms with van der Waals surface area (Å²) in [5.41, 5.74) is 16.6. The van der Waals surface area contributed by atoms with Gasteiger partial charge in [-0.1, -0.05) is 0 Å². The number of nitrogens with two attached hydrogens (primary N) is 3. The Kier molecular flexibility index (Phi) is 17.3. The van der Waals surface area contributed by atoms with E-state index in [0.29, 0.717) is 0 Å². The van der Waals surface area contributed by atoms with E-state index in [-0.39, 0.29) is 70.4 Å². The van der Waals surface area contributed by atoms with Crippen LogP contribution in [0, 0.1) is 0 Å². The van der Waals surface area contributed by atoms with Crippen molar-refractivity contribution in [3.05, 3.63) is 38.0 Å². The second-order valence-electron chi connectivity index (χ2n) is 18.1. The van der Waals surface area contributed by atoms with Crippen molar-refractivity contribution in [1.82, 2.24) is 58.6 Å². The van der Waals surface area contributed by atoms with Crippen molar-refractivity contribution in [2.45, 2.75) is 86.0 Å². The van der Waals surface area contributed by atoms with Crippen molar-refractivity contribution in [2.24, 2.45) is 0 Å². The number of aliphatic hydroxyl groups is 3. The fourth-order valence-electron chi connectivity index (χ4n) is 9.61. The normalized spacial score (nSPS) is 30.8. The number of ether oxygens (including phenoxy) is 5. The van der Waals surface area contributed by atoms with E-state index in [2.05, 4.69) is 49.4 Å². The molecule has 4 aliphatic heterocycles. The Morgan fingerprint density at radius 1 is 0.630 bits per heavy atom. The lowest BCUT2D eigenvalue weighted by molar-refractivity contribution is -0.229. The van der Waals surface area contributed by atoms with Gasteiger partial charge in [-0.2, -0.15) is 0 Å². The summed E-state index contributed by atoms with van der Waals surface area (Å²) in [7, 11) is -19.9. The number of hydrogen-bond donors (Lipinski definition) is 9. The van der Waals surface area contributed by atoms with E-state index in [1.54, 1.807) is 0 Å². The Bertz CT molecular complexity index is 3420. The molecule has 0 aliphatic carbocycles. The summed E-state index contributed by atoms with van der Waals surface area (Å²) >= 11 is 0. The Hall–Kier alpha value is -4.83. The third kappa shape index (κ3) is 12.3. The summed E-state index contributed by atoms with van der Waals surface area (Å²) in [6.45, 7) is -5.23. The molecule has 4 fully saturated rings. The van der Waals surface area contributed by atoms with Gasteiger partial charge in [-0.25, -0.2) is 58.6 Å². The Balaban J connectivity index is 0.898. The van der Waals surface area contributed by atoms with Gasteiger partial charge in [0.15, 0.2) is 53.1 Å². The average molecular weight is 1230 g/mol. The molecule has 4 unspecified atom stereocenters. The zero-order chi connectivity index (χ0) is 57.6. The van der Waals surface area contributed by atoms with E-state index < -0.39 is 151 Å². The van der Waals surface area contributed by atoms with Gasteiger partial charge in [0, 0.05) is 13.7 Å². The van der Waals surface area contributed by atoms with Crippen LogP contribution in [0.5, 0.6) is 0 Å². The molecule has 0 bridgehead atoms. The van der Waals surface area contributed by atoms with E-state index in [0.717, 1.165) is 37.0 Å². The van der Waals surface area contributed by atoms with Gasteiger partial charge in [-0.05, 0) is 12.8 Å². The van der Waals surface area contributed by atoms with Crippen LogP contribution in [0.15, 0.2) is 38.0 Å². The molecular formula is C38H52N15O24P4-. The van der Waals surface area contributed by atoms with E-state index in [1.807, 2.05) is 0 Å². The number of fused-ring (bicyclic) bond motifs is 4. The van der Waals surface area contributed by atoms with Gasteiger partial charge < -0.3 is 84.8 Å². The van der Waals surface area contributed by atoms with E-state index in [4.69, 9.17) is 77.7 Å². The summed E-state index contributed by atoms with van der Waals surface area (Å²) in [5, 5.41) is 30.3. The minimum absolute atomic E-state index is 0.00541. The van der Waals surface area contributed by atoms with Crippen molar-refractivity contribution >= 4 is 82.2 Å². The molecule has 10 heterocycles. The predicted molar refractivity (Wildman–Crippen MR) is 261 cm³/mol. The molecule has 10 rings (SSSR count). The topological polar surface area (TPSA) is 542 Å². The Morgan fingerprint density at radius 2 is 1.11 bits per heavy atom. The number of anilines is 3. The van der Waals surface area contributed by atoms with Crippen LogP contribution in [-0.4, -0.2) is 203 Å². The van der Waals surface area contributed by atoms with Crippen LogP contribution in [0.4, 0.5) is 17.5 Å². The molecule has 0 spiro atoms. The number of hydrogen-bond acceptors (Lipinski definition) is 33. The number of aliphatic hydroxyl groups excluding tert-OH is 3. The first-order chi connectivity index (χ1) is 38.6. The molecule has 0 amide bonds. The van der Waals surface area contributed by atoms with Crippen molar-refractivity contribution in [1.29, 1.82) is 0 Å². The SMILES string of the molecule is CO[C@H]1[C@@H](OP(=O)(O)OC[C@H]2O[C@@H](n3cnc4c(N)ncnc43)[C@H](OP(=O)(O)OC[C@]34CCCO[C@H]3[C@@H](OP(=O)(O)OCCO)[C@H](n3cnc5c(N)ncnc53)O4)[C@@H]2O)[C@H](n2cnc3c(N)ncnc32)O[C@@H]1COP(=O)([O-])OCCO. The van der Waals surface area contributed by atoms with Crippen LogP contribution in [0.25, 0.3) is 33.5 Å². The van der Waals surface area contributed by atoms with Crippen molar-refractivity contribution in [3.8, 4) is 0 Å². The molecule has 12 N–H and O–H groups in total. The van der Waals surface area contributed by atoms with Crippen molar-refractivity contribution < 1.29 is 113 Å². The molecule has 0 radical (unpaired) electrons. The first kappa shape index (κ1) is 59.3. The molecule has 444 valence electrons. The number of methoxy groups -OCH3 is 1. The molecule has 16 atom stereocenters. The summed E-state index contributed by atoms with van der Waals surface area (Å²) in [6.07, 6.45) is -10.9. The van der Waals surface area contributed by atoms with Crippen LogP contribution < -0.4 is 22.1 Å². The average Bonchev–Trinajstić information content (AvgIpc) is 3.04. The van der Waals surface area contributed by atoms with E-state index in [1.165, 1.54) is 21.8 Å². The molecule has 4 saturated heterocycles. The summed E-state index contributed by atoms with van der Waals surface area (Å²) < 4.78 is 131. The highest BCUT2D eigenvalue weighted by Crippen LogP contribution is 2.57. The van der Waals surface area contributed by atoms with Crippen molar-refractivity contribution in [3.63, 3.8) is 0 Å². The predicted octanol–water partition coefficient (Wildman–Crippen LogP) is -2.14. The van der Waals surface area contributed by atoms with Gasteiger partial charge >= 0.3 is 23.5 Å². The zero-order valence-electron chi connectivity index (χ0n) is 41.8. The second-order valence-corrected chi connectivity index (χ2v) is 23.7. The standard InChI is InChI=1S/C38H53N15O24P4/c1-65-24-19(10-69-78(57,58)67-7-4-54)73-36(52-16-49-21-30(40)43-13-46-33(21)52)26(24)76-80(61,62)70-9-18-23(56)25(35(72-18)51-15-48-20-29(39)42-12-45-32(20)51)75-81(63,64)71-11-38-3-2-6-66-28(38)27(77-79(59,60)68-8-5-55)37(74-38)53-17-50-22-31(41)44-14-47-34(22)53/h12-19,23-28,35-37,54-56H,2-11H2,1H3,(H,57,58)(H,59,60)(H,61,62)(H,63,64)(H2,39,42,45)(H2,40,43,46)(H2,41,44,47)/p-1/t18-,19-,23-,24-,25-,26-,27-,28+,35-,36-,37-,38-/m1/s1. The highest BCUT2D eigenvalue weighted by atomic mass is 31.2. The highest BCUT2D eigenvalue weighted by Gasteiger charge is 2.62. The molecular weight excluding hydrogens is 1170 g/mol. The first-order valence-electron chi connectivity index (χ1n) is 24.0. The molecule has 0 aromatic carbocycles. The highest BCUT2D eigenvalue weighted by molar-refractivity contribution is 7.48. The van der Waals surface area contributed by atoms with E-state index in [9.17, 15) is 48.0 Å². The van der Waals surface area contributed by atoms with Gasteiger partial charge in [0.1, 0.15) is 90.0 Å². The zero-order valence-corrected chi connectivity index (χ0v) is 45.4. The minimum atomic E-state index is -5.51.